The number of rotatable bonds is 3. The molecule has 4 nitrogen and oxygen atoms in total. The average molecular weight is 380 g/mol. The van der Waals surface area contributed by atoms with Gasteiger partial charge in [-0.15, -0.1) is 36.2 Å². The predicted molar refractivity (Wildman–Crippen MR) is 99.8 cm³/mol. The molecule has 2 fully saturated rings. The lowest BCUT2D eigenvalue weighted by Gasteiger charge is -2.23. The average Bonchev–Trinajstić information content (AvgIpc) is 2.91. The lowest BCUT2D eigenvalue weighted by molar-refractivity contribution is -0.123. The molecular weight excluding hydrogens is 353 g/mol. The SMILES string of the molecule is CC(C)(C)c1csc(CNC(=O)C2CC23CCNCC3)n1.Cl.Cl. The summed E-state index contributed by atoms with van der Waals surface area (Å²) in [4.78, 5) is 16.9. The van der Waals surface area contributed by atoms with Crippen molar-refractivity contribution in [1.82, 2.24) is 15.6 Å². The molecule has 132 valence electrons. The third-order valence-electron chi connectivity index (χ3n) is 4.84. The number of nitrogens with one attached hydrogen (secondary N) is 2. The Balaban J connectivity index is 0.00000132. The van der Waals surface area contributed by atoms with E-state index in [1.54, 1.807) is 11.3 Å². The first-order valence-corrected chi connectivity index (χ1v) is 8.72. The molecule has 1 amide bonds. The van der Waals surface area contributed by atoms with Gasteiger partial charge in [-0.05, 0) is 37.8 Å². The van der Waals surface area contributed by atoms with Crippen molar-refractivity contribution in [1.29, 1.82) is 0 Å². The lowest BCUT2D eigenvalue weighted by Crippen LogP contribution is -2.33. The van der Waals surface area contributed by atoms with Crippen molar-refractivity contribution in [3.63, 3.8) is 0 Å². The molecule has 1 aliphatic heterocycles. The number of thiazole rings is 1. The van der Waals surface area contributed by atoms with E-state index in [9.17, 15) is 4.79 Å². The molecule has 1 saturated heterocycles. The smallest absolute Gasteiger partial charge is 0.224 e. The zero-order valence-corrected chi connectivity index (χ0v) is 16.4. The van der Waals surface area contributed by atoms with Gasteiger partial charge in [0.05, 0.1) is 12.2 Å². The van der Waals surface area contributed by atoms with E-state index in [0.29, 0.717) is 12.0 Å². The van der Waals surface area contributed by atoms with Crippen LogP contribution in [0.2, 0.25) is 0 Å². The van der Waals surface area contributed by atoms with Crippen LogP contribution in [0.15, 0.2) is 5.38 Å². The minimum Gasteiger partial charge on any atom is -0.349 e. The van der Waals surface area contributed by atoms with Gasteiger partial charge in [-0.1, -0.05) is 20.8 Å². The molecule has 1 aromatic heterocycles. The van der Waals surface area contributed by atoms with Crippen molar-refractivity contribution >= 4 is 42.1 Å². The quantitative estimate of drug-likeness (QED) is 0.846. The fourth-order valence-electron chi connectivity index (χ4n) is 3.22. The number of nitrogens with zero attached hydrogens (tertiary/aromatic N) is 1. The topological polar surface area (TPSA) is 54.0 Å². The Kier molecular flexibility index (Phi) is 6.91. The second kappa shape index (κ2) is 7.68. The van der Waals surface area contributed by atoms with Crippen molar-refractivity contribution in [2.24, 2.45) is 11.3 Å². The van der Waals surface area contributed by atoms with E-state index in [1.807, 2.05) is 0 Å². The molecule has 1 atom stereocenters. The molecule has 1 aliphatic carbocycles. The first-order chi connectivity index (χ1) is 9.91. The summed E-state index contributed by atoms with van der Waals surface area (Å²) in [7, 11) is 0. The van der Waals surface area contributed by atoms with Gasteiger partial charge in [0.2, 0.25) is 5.91 Å². The van der Waals surface area contributed by atoms with Crippen LogP contribution in [0.1, 0.15) is 50.7 Å². The first kappa shape index (κ1) is 20.7. The molecule has 1 saturated carbocycles. The number of carbonyl (C=O) groups excluding carboxylic acids is 1. The maximum Gasteiger partial charge on any atom is 0.224 e. The zero-order valence-electron chi connectivity index (χ0n) is 14.0. The van der Waals surface area contributed by atoms with Gasteiger partial charge in [0.15, 0.2) is 0 Å². The van der Waals surface area contributed by atoms with Gasteiger partial charge in [-0.3, -0.25) is 4.79 Å². The van der Waals surface area contributed by atoms with E-state index in [-0.39, 0.29) is 42.1 Å². The summed E-state index contributed by atoms with van der Waals surface area (Å²) in [6.45, 7) is 9.18. The van der Waals surface area contributed by atoms with E-state index >= 15 is 0 Å². The van der Waals surface area contributed by atoms with Crippen LogP contribution >= 0.6 is 36.2 Å². The van der Waals surface area contributed by atoms with E-state index < -0.39 is 0 Å². The van der Waals surface area contributed by atoms with Crippen LogP contribution in [0.25, 0.3) is 0 Å². The zero-order chi connectivity index (χ0) is 15.1. The highest BCUT2D eigenvalue weighted by molar-refractivity contribution is 7.09. The third-order valence-corrected chi connectivity index (χ3v) is 5.69. The predicted octanol–water partition coefficient (Wildman–Crippen LogP) is 3.29. The number of hydrogen-bond acceptors (Lipinski definition) is 4. The Labute approximate surface area is 155 Å². The molecule has 7 heteroatoms. The van der Waals surface area contributed by atoms with E-state index in [0.717, 1.165) is 43.1 Å². The number of amides is 1. The largest absolute Gasteiger partial charge is 0.349 e. The van der Waals surface area contributed by atoms with Crippen LogP contribution in [-0.4, -0.2) is 24.0 Å². The molecule has 0 radical (unpaired) electrons. The first-order valence-electron chi connectivity index (χ1n) is 7.84. The summed E-state index contributed by atoms with van der Waals surface area (Å²) in [5.41, 5.74) is 1.50. The molecule has 1 spiro atoms. The molecular formula is C16H27Cl2N3OS. The monoisotopic (exact) mass is 379 g/mol. The van der Waals surface area contributed by atoms with Crippen LogP contribution in [-0.2, 0) is 16.8 Å². The molecule has 2 N–H and O–H groups in total. The third kappa shape index (κ3) is 4.59. The van der Waals surface area contributed by atoms with Crippen molar-refractivity contribution in [2.45, 2.75) is 52.0 Å². The second-order valence-corrected chi connectivity index (χ2v) is 8.41. The maximum absolute atomic E-state index is 12.3. The van der Waals surface area contributed by atoms with Gasteiger partial charge in [-0.2, -0.15) is 0 Å². The normalized spacial score (nSPS) is 22.0. The van der Waals surface area contributed by atoms with Gasteiger partial charge >= 0.3 is 0 Å². The summed E-state index contributed by atoms with van der Waals surface area (Å²) >= 11 is 1.64. The maximum atomic E-state index is 12.3. The standard InChI is InChI=1S/C16H25N3OS.2ClH/c1-15(2,3)12-10-21-13(19-12)9-18-14(20)11-8-16(11)4-6-17-7-5-16;;/h10-11,17H,4-9H2,1-3H3,(H,18,20);2*1H. The van der Waals surface area contributed by atoms with Crippen LogP contribution in [0.4, 0.5) is 0 Å². The summed E-state index contributed by atoms with van der Waals surface area (Å²) in [6.07, 6.45) is 3.37. The van der Waals surface area contributed by atoms with E-state index in [1.165, 1.54) is 0 Å². The van der Waals surface area contributed by atoms with Crippen LogP contribution in [0, 0.1) is 11.3 Å². The fraction of sp³-hybridized carbons (Fsp3) is 0.750. The van der Waals surface area contributed by atoms with Gasteiger partial charge in [-0.25, -0.2) is 4.98 Å². The minimum atomic E-state index is 0. The van der Waals surface area contributed by atoms with E-state index in [4.69, 9.17) is 0 Å². The Morgan fingerprint density at radius 3 is 2.61 bits per heavy atom. The van der Waals surface area contributed by atoms with E-state index in [2.05, 4.69) is 41.8 Å². The Bertz CT molecular complexity index is 536. The highest BCUT2D eigenvalue weighted by Gasteiger charge is 2.57. The van der Waals surface area contributed by atoms with Crippen LogP contribution < -0.4 is 10.6 Å². The molecule has 1 aromatic rings. The Morgan fingerprint density at radius 2 is 2.04 bits per heavy atom. The number of piperidine rings is 1. The Morgan fingerprint density at radius 1 is 1.39 bits per heavy atom. The Hall–Kier alpha value is -0.360. The van der Waals surface area contributed by atoms with Crippen LogP contribution in [0.3, 0.4) is 0 Å². The summed E-state index contributed by atoms with van der Waals surface area (Å²) in [6, 6.07) is 0. The van der Waals surface area contributed by atoms with Gasteiger partial charge < -0.3 is 10.6 Å². The number of carbonyl (C=O) groups is 1. The highest BCUT2D eigenvalue weighted by atomic mass is 35.5. The summed E-state index contributed by atoms with van der Waals surface area (Å²) in [5.74, 6) is 0.464. The molecule has 3 rings (SSSR count). The summed E-state index contributed by atoms with van der Waals surface area (Å²) in [5, 5.41) is 9.57. The van der Waals surface area contributed by atoms with Gasteiger partial charge in [0.1, 0.15) is 5.01 Å². The van der Waals surface area contributed by atoms with Crippen molar-refractivity contribution in [3.8, 4) is 0 Å². The van der Waals surface area contributed by atoms with Crippen molar-refractivity contribution < 1.29 is 4.79 Å². The number of halogens is 2. The highest BCUT2D eigenvalue weighted by Crippen LogP contribution is 2.58. The van der Waals surface area contributed by atoms with Gasteiger partial charge in [0, 0.05) is 16.7 Å². The molecule has 2 heterocycles. The molecule has 1 unspecified atom stereocenters. The molecule has 0 bridgehead atoms. The van der Waals surface area contributed by atoms with Crippen LogP contribution in [0.5, 0.6) is 0 Å². The van der Waals surface area contributed by atoms with Crippen molar-refractivity contribution in [2.75, 3.05) is 13.1 Å². The van der Waals surface area contributed by atoms with Crippen molar-refractivity contribution in [3.05, 3.63) is 16.1 Å². The summed E-state index contributed by atoms with van der Waals surface area (Å²) < 4.78 is 0. The number of hydrogen-bond donors (Lipinski definition) is 2. The fourth-order valence-corrected chi connectivity index (χ4v) is 4.18. The molecule has 23 heavy (non-hydrogen) atoms. The second-order valence-electron chi connectivity index (χ2n) is 7.46. The molecule has 0 aromatic carbocycles. The number of aromatic nitrogens is 1. The van der Waals surface area contributed by atoms with Gasteiger partial charge in [0.25, 0.3) is 0 Å². The lowest BCUT2D eigenvalue weighted by atomic mass is 9.92. The molecule has 2 aliphatic rings. The minimum absolute atomic E-state index is 0.